The van der Waals surface area contributed by atoms with Crippen LogP contribution in [0.3, 0.4) is 0 Å². The van der Waals surface area contributed by atoms with Crippen molar-refractivity contribution in [2.75, 3.05) is 6.54 Å². The van der Waals surface area contributed by atoms with Gasteiger partial charge in [-0.3, -0.25) is 0 Å². The standard InChI is InChI=1S/C16H16N4O4/c21-13-4-1-3-12(9-13)14-10-15(19-24-14)23-16(22)18-5-2-7-20-8-6-17-11-20/h1,3-4,6,8-11,21H,2,5,7H2,(H,18,22). The molecule has 0 spiro atoms. The number of phenolic OH excluding ortho intramolecular Hbond substituents is 1. The predicted molar refractivity (Wildman–Crippen MR) is 84.5 cm³/mol. The van der Waals surface area contributed by atoms with E-state index in [1.165, 1.54) is 12.1 Å². The predicted octanol–water partition coefficient (Wildman–Crippen LogP) is 2.42. The van der Waals surface area contributed by atoms with Gasteiger partial charge in [0, 0.05) is 31.0 Å². The molecule has 24 heavy (non-hydrogen) atoms. The molecule has 0 saturated heterocycles. The molecule has 8 heteroatoms. The number of carbonyl (C=O) groups excluding carboxylic acids is 1. The maximum Gasteiger partial charge on any atom is 0.414 e. The van der Waals surface area contributed by atoms with E-state index in [0.29, 0.717) is 17.9 Å². The van der Waals surface area contributed by atoms with Crippen LogP contribution in [0.25, 0.3) is 11.3 Å². The lowest BCUT2D eigenvalue weighted by Gasteiger charge is -2.04. The fourth-order valence-electron chi connectivity index (χ4n) is 2.10. The van der Waals surface area contributed by atoms with Crippen molar-refractivity contribution in [1.29, 1.82) is 0 Å². The number of nitrogens with zero attached hydrogens (tertiary/aromatic N) is 3. The second-order valence-corrected chi connectivity index (χ2v) is 5.05. The topological polar surface area (TPSA) is 102 Å². The van der Waals surface area contributed by atoms with Crippen LogP contribution in [0.4, 0.5) is 4.79 Å². The van der Waals surface area contributed by atoms with Gasteiger partial charge >= 0.3 is 6.09 Å². The summed E-state index contributed by atoms with van der Waals surface area (Å²) in [7, 11) is 0. The van der Waals surface area contributed by atoms with Gasteiger partial charge in [-0.05, 0) is 23.7 Å². The first kappa shape index (κ1) is 15.6. The van der Waals surface area contributed by atoms with E-state index in [0.717, 1.165) is 13.0 Å². The van der Waals surface area contributed by atoms with Gasteiger partial charge in [0.1, 0.15) is 5.75 Å². The molecule has 0 fully saturated rings. The number of ether oxygens (including phenoxy) is 1. The molecule has 0 unspecified atom stereocenters. The molecule has 2 N–H and O–H groups in total. The van der Waals surface area contributed by atoms with Crippen LogP contribution in [0.5, 0.6) is 11.6 Å². The zero-order valence-corrected chi connectivity index (χ0v) is 12.8. The van der Waals surface area contributed by atoms with E-state index in [2.05, 4.69) is 15.5 Å². The van der Waals surface area contributed by atoms with Crippen molar-refractivity contribution >= 4 is 6.09 Å². The molecule has 0 aliphatic carbocycles. The molecule has 0 aliphatic rings. The third-order valence-electron chi connectivity index (χ3n) is 3.24. The minimum atomic E-state index is -0.601. The number of hydrogen-bond donors (Lipinski definition) is 2. The summed E-state index contributed by atoms with van der Waals surface area (Å²) in [5, 5.41) is 15.8. The van der Waals surface area contributed by atoms with Crippen molar-refractivity contribution in [2.45, 2.75) is 13.0 Å². The largest absolute Gasteiger partial charge is 0.508 e. The van der Waals surface area contributed by atoms with E-state index >= 15 is 0 Å². The molecule has 0 aliphatic heterocycles. The summed E-state index contributed by atoms with van der Waals surface area (Å²) in [4.78, 5) is 15.6. The normalized spacial score (nSPS) is 10.5. The lowest BCUT2D eigenvalue weighted by atomic mass is 10.2. The van der Waals surface area contributed by atoms with Crippen LogP contribution in [-0.4, -0.2) is 32.5 Å². The summed E-state index contributed by atoms with van der Waals surface area (Å²) in [5.41, 5.74) is 0.637. The van der Waals surface area contributed by atoms with Gasteiger partial charge in [0.15, 0.2) is 5.76 Å². The summed E-state index contributed by atoms with van der Waals surface area (Å²) in [6.07, 6.45) is 5.43. The van der Waals surface area contributed by atoms with Crippen LogP contribution in [-0.2, 0) is 6.54 Å². The highest BCUT2D eigenvalue weighted by molar-refractivity contribution is 5.70. The third-order valence-corrected chi connectivity index (χ3v) is 3.24. The summed E-state index contributed by atoms with van der Waals surface area (Å²) < 4.78 is 12.1. The minimum absolute atomic E-state index is 0.0560. The Morgan fingerprint density at radius 2 is 2.29 bits per heavy atom. The first-order chi connectivity index (χ1) is 11.7. The lowest BCUT2D eigenvalue weighted by Crippen LogP contribution is -2.28. The average Bonchev–Trinajstić information content (AvgIpc) is 3.23. The number of amides is 1. The zero-order valence-electron chi connectivity index (χ0n) is 12.8. The molecule has 1 amide bonds. The Morgan fingerprint density at radius 1 is 1.38 bits per heavy atom. The van der Waals surface area contributed by atoms with E-state index in [9.17, 15) is 9.90 Å². The molecule has 2 heterocycles. The SMILES string of the molecule is O=C(NCCCn1ccnc1)Oc1cc(-c2cccc(O)c2)on1. The number of benzene rings is 1. The zero-order chi connectivity index (χ0) is 16.8. The number of nitrogens with one attached hydrogen (secondary N) is 1. The number of phenols is 1. The van der Waals surface area contributed by atoms with Gasteiger partial charge in [0.05, 0.1) is 12.4 Å². The maximum absolute atomic E-state index is 11.7. The number of rotatable bonds is 6. The van der Waals surface area contributed by atoms with Gasteiger partial charge in [0.2, 0.25) is 0 Å². The molecule has 2 aromatic heterocycles. The van der Waals surface area contributed by atoms with Crippen molar-refractivity contribution in [3.63, 3.8) is 0 Å². The first-order valence-electron chi connectivity index (χ1n) is 7.38. The highest BCUT2D eigenvalue weighted by Gasteiger charge is 2.11. The molecule has 0 radical (unpaired) electrons. The van der Waals surface area contributed by atoms with Crippen molar-refractivity contribution < 1.29 is 19.2 Å². The molecular weight excluding hydrogens is 312 g/mol. The summed E-state index contributed by atoms with van der Waals surface area (Å²) in [5.74, 6) is 0.566. The number of aromatic nitrogens is 3. The van der Waals surface area contributed by atoms with E-state index in [4.69, 9.17) is 9.26 Å². The molecule has 3 aromatic rings. The van der Waals surface area contributed by atoms with Gasteiger partial charge in [-0.2, -0.15) is 0 Å². The van der Waals surface area contributed by atoms with Crippen molar-refractivity contribution in [1.82, 2.24) is 20.0 Å². The Morgan fingerprint density at radius 3 is 3.08 bits per heavy atom. The number of aryl methyl sites for hydroxylation is 1. The number of aromatic hydroxyl groups is 1. The summed E-state index contributed by atoms with van der Waals surface area (Å²) in [6, 6.07) is 8.00. The maximum atomic E-state index is 11.7. The van der Waals surface area contributed by atoms with Crippen molar-refractivity contribution in [3.05, 3.63) is 49.1 Å². The van der Waals surface area contributed by atoms with Gasteiger partial charge in [-0.15, -0.1) is 0 Å². The van der Waals surface area contributed by atoms with Crippen LogP contribution < -0.4 is 10.1 Å². The average molecular weight is 328 g/mol. The third kappa shape index (κ3) is 4.13. The molecule has 124 valence electrons. The molecule has 1 aromatic carbocycles. The van der Waals surface area contributed by atoms with E-state index in [-0.39, 0.29) is 11.6 Å². The highest BCUT2D eigenvalue weighted by atomic mass is 16.6. The van der Waals surface area contributed by atoms with Gasteiger partial charge in [0.25, 0.3) is 5.88 Å². The Bertz CT molecular complexity index is 798. The number of hydrogen-bond acceptors (Lipinski definition) is 6. The second kappa shape index (κ2) is 7.32. The fourth-order valence-corrected chi connectivity index (χ4v) is 2.10. The van der Waals surface area contributed by atoms with E-state index < -0.39 is 6.09 Å². The van der Waals surface area contributed by atoms with Gasteiger partial charge < -0.3 is 24.3 Å². The van der Waals surface area contributed by atoms with Gasteiger partial charge in [-0.25, -0.2) is 9.78 Å². The van der Waals surface area contributed by atoms with Crippen molar-refractivity contribution in [3.8, 4) is 23.0 Å². The Labute approximate surface area is 137 Å². The molecular formula is C16H16N4O4. The summed E-state index contributed by atoms with van der Waals surface area (Å²) in [6.45, 7) is 1.22. The van der Waals surface area contributed by atoms with Crippen LogP contribution in [0, 0.1) is 0 Å². The fraction of sp³-hybridized carbons (Fsp3) is 0.188. The smallest absolute Gasteiger partial charge is 0.414 e. The van der Waals surface area contributed by atoms with Crippen LogP contribution in [0.15, 0.2) is 53.6 Å². The molecule has 0 saturated carbocycles. The van der Waals surface area contributed by atoms with Crippen LogP contribution in [0.2, 0.25) is 0 Å². The number of carbonyl (C=O) groups is 1. The highest BCUT2D eigenvalue weighted by Crippen LogP contribution is 2.26. The molecule has 3 rings (SSSR count). The second-order valence-electron chi connectivity index (χ2n) is 5.05. The Kier molecular flexibility index (Phi) is 4.76. The van der Waals surface area contributed by atoms with Crippen LogP contribution in [0.1, 0.15) is 6.42 Å². The van der Waals surface area contributed by atoms with Crippen LogP contribution >= 0.6 is 0 Å². The lowest BCUT2D eigenvalue weighted by molar-refractivity contribution is 0.195. The number of imidazole rings is 1. The van der Waals surface area contributed by atoms with Gasteiger partial charge in [-0.1, -0.05) is 12.1 Å². The minimum Gasteiger partial charge on any atom is -0.508 e. The first-order valence-corrected chi connectivity index (χ1v) is 7.38. The monoisotopic (exact) mass is 328 g/mol. The summed E-state index contributed by atoms with van der Waals surface area (Å²) >= 11 is 0. The molecule has 0 atom stereocenters. The van der Waals surface area contributed by atoms with Crippen molar-refractivity contribution in [2.24, 2.45) is 0 Å². The van der Waals surface area contributed by atoms with E-state index in [1.807, 2.05) is 10.8 Å². The Hall–Kier alpha value is -3.29. The quantitative estimate of drug-likeness (QED) is 0.674. The molecule has 0 bridgehead atoms. The molecule has 8 nitrogen and oxygen atoms in total. The Balaban J connectivity index is 1.46. The van der Waals surface area contributed by atoms with E-state index in [1.54, 1.807) is 30.7 Å².